The van der Waals surface area contributed by atoms with Gasteiger partial charge in [-0.15, -0.1) is 0 Å². The molecule has 11 atom stereocenters. The standard InChI is InChI=1S/C34H47N6O17.C5H12.Y/c1-34(2)10-21(45)39(32(34)52)8-6-19(43)36-7-5-20(44)37-15-9-14(3-4-16(15)56-31-27(50)25(48)23(46)18(12-42)57-31)13-54-33(53)38-29-30(51)40(29)22-17(11-41)55-28(35)26(49)24(22)47;1-3-5-4-2;/h3-4,9,17-18,22-29,31,35,41-42,46-50H,5-8,10-13H2,1-2H3,(H,36,43)(H,37,44)(H,38,53);3-5H2,1-2H3;/q-1;;. The SMILES string of the molecule is CC1(C)CC(=O)N(CCC(=O)NCCC(=O)Nc2cc(COC(=O)NC3C(=O)N3C3C(CO)OC([NH-])C(O)C3O)ccc2OC2OC(CO)C(O)C(O)C2O)C1=O.CCCCC.[Y]. The summed E-state index contributed by atoms with van der Waals surface area (Å²) in [4.78, 5) is 77.2. The van der Waals surface area contributed by atoms with Crippen LogP contribution in [-0.4, -0.2) is 175 Å². The average Bonchev–Trinajstić information content (AvgIpc) is 3.79. The van der Waals surface area contributed by atoms with Crippen molar-refractivity contribution in [1.82, 2.24) is 20.4 Å². The van der Waals surface area contributed by atoms with Gasteiger partial charge in [-0.05, 0) is 23.9 Å². The fraction of sp³-hybridized carbons (Fsp3) is 0.692. The predicted molar refractivity (Wildman–Crippen MR) is 212 cm³/mol. The van der Waals surface area contributed by atoms with Gasteiger partial charge in [-0.3, -0.25) is 34.2 Å². The van der Waals surface area contributed by atoms with E-state index in [9.17, 15) is 64.5 Å². The largest absolute Gasteiger partial charge is 0.649 e. The molecule has 4 aliphatic rings. The number of likely N-dealkylation sites (tertiary alicyclic amines) is 1. The van der Waals surface area contributed by atoms with E-state index in [0.717, 1.165) is 9.80 Å². The van der Waals surface area contributed by atoms with Crippen LogP contribution < -0.4 is 20.7 Å². The molecule has 0 aliphatic carbocycles. The molecule has 0 aromatic heterocycles. The number of hydrogen-bond donors (Lipinski definition) is 10. The first kappa shape index (κ1) is 53.9. The first-order valence-corrected chi connectivity index (χ1v) is 20.4. The number of imide groups is 1. The minimum atomic E-state index is -1.80. The van der Waals surface area contributed by atoms with E-state index in [4.69, 9.17) is 24.7 Å². The molecule has 4 fully saturated rings. The summed E-state index contributed by atoms with van der Waals surface area (Å²) >= 11 is 0. The number of anilines is 1. The van der Waals surface area contributed by atoms with Crippen LogP contribution in [-0.2, 0) is 77.5 Å². The third kappa shape index (κ3) is 13.8. The van der Waals surface area contributed by atoms with Crippen molar-refractivity contribution < 1.29 is 116 Å². The number of rotatable bonds is 17. The topological polar surface area (TPSA) is 347 Å². The van der Waals surface area contributed by atoms with E-state index in [1.807, 2.05) is 0 Å². The van der Waals surface area contributed by atoms with Crippen LogP contribution in [0.25, 0.3) is 5.73 Å². The maximum absolute atomic E-state index is 13.0. The number of nitrogens with one attached hydrogen (secondary N) is 4. The third-order valence-corrected chi connectivity index (χ3v) is 10.6. The minimum Gasteiger partial charge on any atom is -0.649 e. The second-order valence-corrected chi connectivity index (χ2v) is 15.9. The van der Waals surface area contributed by atoms with Crippen molar-refractivity contribution in [3.63, 3.8) is 0 Å². The van der Waals surface area contributed by atoms with E-state index >= 15 is 0 Å². The van der Waals surface area contributed by atoms with E-state index in [0.29, 0.717) is 0 Å². The van der Waals surface area contributed by atoms with Crippen molar-refractivity contribution >= 4 is 41.3 Å². The van der Waals surface area contributed by atoms with Crippen molar-refractivity contribution in [2.24, 2.45) is 5.41 Å². The number of nitrogens with zero attached hydrogens (tertiary/aromatic N) is 2. The van der Waals surface area contributed by atoms with Gasteiger partial charge in [-0.25, -0.2) is 4.79 Å². The molecule has 4 aliphatic heterocycles. The van der Waals surface area contributed by atoms with Gasteiger partial charge < -0.3 is 76.0 Å². The van der Waals surface area contributed by atoms with E-state index in [1.54, 1.807) is 13.8 Å². The monoisotopic (exact) mass is 972 g/mol. The van der Waals surface area contributed by atoms with E-state index in [2.05, 4.69) is 29.8 Å². The minimum absolute atomic E-state index is 0. The number of amides is 6. The summed E-state index contributed by atoms with van der Waals surface area (Å²) in [5, 5.41) is 77.9. The zero-order valence-electron chi connectivity index (χ0n) is 35.5. The van der Waals surface area contributed by atoms with E-state index in [-0.39, 0.29) is 93.9 Å². The maximum Gasteiger partial charge on any atom is 0.409 e. The molecule has 0 saturated carbocycles. The van der Waals surface area contributed by atoms with Gasteiger partial charge in [0.05, 0.1) is 36.5 Å². The van der Waals surface area contributed by atoms with Crippen LogP contribution in [0, 0.1) is 5.41 Å². The molecule has 11 unspecified atom stereocenters. The Morgan fingerprint density at radius 2 is 1.56 bits per heavy atom. The number of ether oxygens (including phenoxy) is 4. The van der Waals surface area contributed by atoms with Gasteiger partial charge in [0.1, 0.15) is 49.0 Å². The Morgan fingerprint density at radius 3 is 2.14 bits per heavy atom. The maximum atomic E-state index is 13.0. The summed E-state index contributed by atoms with van der Waals surface area (Å²) in [6.07, 6.45) is -13.2. The summed E-state index contributed by atoms with van der Waals surface area (Å²) in [7, 11) is 0. The van der Waals surface area contributed by atoms with Gasteiger partial charge in [0.25, 0.3) is 5.91 Å². The molecule has 1 radical (unpaired) electrons. The number of unbranched alkanes of at least 4 members (excludes halogenated alkanes) is 2. The van der Waals surface area contributed by atoms with Crippen LogP contribution in [0.3, 0.4) is 0 Å². The smallest absolute Gasteiger partial charge is 0.409 e. The summed E-state index contributed by atoms with van der Waals surface area (Å²) < 4.78 is 21.5. The second kappa shape index (κ2) is 24.2. The molecule has 351 valence electrons. The number of alkyl carbamates (subject to hydrolysis) is 1. The molecule has 4 saturated heterocycles. The fourth-order valence-corrected chi connectivity index (χ4v) is 6.98. The number of carbonyl (C=O) groups is 6. The first-order chi connectivity index (χ1) is 29.3. The van der Waals surface area contributed by atoms with Crippen LogP contribution >= 0.6 is 0 Å². The van der Waals surface area contributed by atoms with Gasteiger partial charge in [-0.1, -0.05) is 53.0 Å². The molecular formula is C39H59N6O17Y-. The molecule has 0 spiro atoms. The van der Waals surface area contributed by atoms with Crippen LogP contribution in [0.5, 0.6) is 5.75 Å². The van der Waals surface area contributed by atoms with Gasteiger partial charge >= 0.3 is 6.09 Å². The number of benzene rings is 1. The van der Waals surface area contributed by atoms with Crippen LogP contribution in [0.1, 0.15) is 71.8 Å². The summed E-state index contributed by atoms with van der Waals surface area (Å²) in [5.74, 6) is -2.79. The Morgan fingerprint density at radius 1 is 0.889 bits per heavy atom. The molecule has 24 heteroatoms. The quantitative estimate of drug-likeness (QED) is 0.0592. The molecule has 5 rings (SSSR count). The van der Waals surface area contributed by atoms with Crippen molar-refractivity contribution in [3.8, 4) is 5.75 Å². The molecular weight excluding hydrogens is 913 g/mol. The summed E-state index contributed by atoms with van der Waals surface area (Å²) in [6.45, 7) is 5.51. The zero-order valence-corrected chi connectivity index (χ0v) is 38.4. The van der Waals surface area contributed by atoms with Gasteiger partial charge in [0.15, 0.2) is 6.17 Å². The number of hydrogen-bond acceptors (Lipinski definition) is 17. The number of aliphatic hydroxyl groups is 7. The Labute approximate surface area is 388 Å². The van der Waals surface area contributed by atoms with Crippen LogP contribution in [0.2, 0.25) is 0 Å². The molecule has 6 amide bonds. The molecule has 1 aromatic carbocycles. The summed E-state index contributed by atoms with van der Waals surface area (Å²) in [5.41, 5.74) is 6.98. The number of aliphatic hydroxyl groups excluding tert-OH is 7. The Hall–Kier alpha value is -3.46. The predicted octanol–water partition coefficient (Wildman–Crippen LogP) is -2.07. The molecule has 63 heavy (non-hydrogen) atoms. The normalized spacial score (nSPS) is 29.8. The van der Waals surface area contributed by atoms with Gasteiger partial charge in [0, 0.05) is 65.1 Å². The van der Waals surface area contributed by atoms with Crippen molar-refractivity contribution in [2.75, 3.05) is 31.6 Å². The van der Waals surface area contributed by atoms with Gasteiger partial charge in [0.2, 0.25) is 29.9 Å². The molecule has 4 heterocycles. The van der Waals surface area contributed by atoms with Crippen molar-refractivity contribution in [3.05, 3.63) is 29.5 Å². The summed E-state index contributed by atoms with van der Waals surface area (Å²) in [6, 6.07) is 2.70. The Kier molecular flexibility index (Phi) is 20.7. The molecule has 23 nitrogen and oxygen atoms in total. The van der Waals surface area contributed by atoms with Crippen LogP contribution in [0.15, 0.2) is 18.2 Å². The van der Waals surface area contributed by atoms with Gasteiger partial charge in [-0.2, -0.15) is 0 Å². The molecule has 11 N–H and O–H groups in total. The Balaban J connectivity index is 0.00000166. The number of carbonyl (C=O) groups excluding carboxylic acids is 6. The third-order valence-electron chi connectivity index (χ3n) is 10.6. The molecule has 1 aromatic rings. The first-order valence-electron chi connectivity index (χ1n) is 20.4. The Bertz CT molecular complexity index is 1750. The van der Waals surface area contributed by atoms with Crippen molar-refractivity contribution in [2.45, 2.75) is 140 Å². The molecule has 0 bridgehead atoms. The fourth-order valence-electron chi connectivity index (χ4n) is 6.98. The van der Waals surface area contributed by atoms with E-state index in [1.165, 1.54) is 37.5 Å². The van der Waals surface area contributed by atoms with E-state index < -0.39 is 117 Å². The average molecular weight is 973 g/mol. The zero-order chi connectivity index (χ0) is 46.1. The second-order valence-electron chi connectivity index (χ2n) is 15.9. The van der Waals surface area contributed by atoms with Crippen molar-refractivity contribution in [1.29, 1.82) is 0 Å². The van der Waals surface area contributed by atoms with Crippen LogP contribution in [0.4, 0.5) is 10.5 Å².